The molecule has 6 nitrogen and oxygen atoms in total. The predicted molar refractivity (Wildman–Crippen MR) is 132 cm³/mol. The molecule has 0 saturated carbocycles. The van der Waals surface area contributed by atoms with Crippen molar-refractivity contribution in [1.82, 2.24) is 4.90 Å². The van der Waals surface area contributed by atoms with Crippen LogP contribution in [-0.2, 0) is 16.1 Å². The van der Waals surface area contributed by atoms with Gasteiger partial charge < -0.3 is 19.5 Å². The fourth-order valence-corrected chi connectivity index (χ4v) is 4.12. The van der Waals surface area contributed by atoms with Crippen molar-refractivity contribution in [2.75, 3.05) is 13.2 Å². The van der Waals surface area contributed by atoms with Crippen LogP contribution in [0, 0.1) is 0 Å². The molecule has 0 aliphatic carbocycles. The number of benzene rings is 2. The van der Waals surface area contributed by atoms with Gasteiger partial charge in [0.05, 0.1) is 14.1 Å². The molecule has 1 aliphatic heterocycles. The van der Waals surface area contributed by atoms with Gasteiger partial charge in [0.1, 0.15) is 5.75 Å². The average molecular weight is 469 g/mol. The lowest BCUT2D eigenvalue weighted by molar-refractivity contribution is -0.137. The zero-order chi connectivity index (χ0) is 25.3. The molecule has 1 fully saturated rings. The molecule has 0 radical (unpaired) electrons. The first kappa shape index (κ1) is 24.3. The molecule has 1 N–H and O–H groups in total. The number of amides is 1. The molecule has 184 valence electrons. The summed E-state index contributed by atoms with van der Waals surface area (Å²) in [6, 6.07) is 14.0. The summed E-state index contributed by atoms with van der Waals surface area (Å²) in [6.45, 7) is 4.91. The largest absolute Gasteiger partial charge is 0.493 e. The van der Waals surface area contributed by atoms with E-state index in [4.69, 9.17) is 16.0 Å². The van der Waals surface area contributed by atoms with Gasteiger partial charge in [-0.3, -0.25) is 9.59 Å². The van der Waals surface area contributed by atoms with E-state index in [9.17, 15) is 9.59 Å². The molecule has 0 spiro atoms. The van der Waals surface area contributed by atoms with Crippen molar-refractivity contribution in [2.45, 2.75) is 77.5 Å². The number of aliphatic carboxylic acids is 1. The van der Waals surface area contributed by atoms with E-state index in [1.165, 1.54) is 0 Å². The summed E-state index contributed by atoms with van der Waals surface area (Å²) < 4.78 is 20.5. The van der Waals surface area contributed by atoms with Gasteiger partial charge in [-0.25, -0.2) is 0 Å². The smallest absolute Gasteiger partial charge is 0.303 e. The SMILES string of the molecule is [2H]C(C)(C)N(Cc1ccccc1OCCCCCC(=O)O)C(=O)c1ccc(C2CCCCO2)cc1. The molecule has 2 aromatic rings. The van der Waals surface area contributed by atoms with Gasteiger partial charge >= 0.3 is 5.97 Å². The Hall–Kier alpha value is -2.86. The molecule has 0 bridgehead atoms. The highest BCUT2D eigenvalue weighted by molar-refractivity contribution is 5.94. The number of hydrogen-bond donors (Lipinski definition) is 1. The highest BCUT2D eigenvalue weighted by atomic mass is 16.5. The summed E-state index contributed by atoms with van der Waals surface area (Å²) in [5, 5.41) is 8.75. The van der Waals surface area contributed by atoms with Crippen LogP contribution in [0.5, 0.6) is 5.75 Å². The van der Waals surface area contributed by atoms with Crippen molar-refractivity contribution in [3.05, 3.63) is 65.2 Å². The van der Waals surface area contributed by atoms with Crippen molar-refractivity contribution in [2.24, 2.45) is 0 Å². The van der Waals surface area contributed by atoms with Crippen molar-refractivity contribution in [3.63, 3.8) is 0 Å². The van der Waals surface area contributed by atoms with Gasteiger partial charge in [0.2, 0.25) is 0 Å². The predicted octanol–water partition coefficient (Wildman–Crippen LogP) is 6.00. The second-order valence-corrected chi connectivity index (χ2v) is 8.98. The molecule has 1 saturated heterocycles. The van der Waals surface area contributed by atoms with Gasteiger partial charge in [0.25, 0.3) is 5.91 Å². The Bertz CT molecular complexity index is 964. The molecule has 0 aromatic heterocycles. The summed E-state index contributed by atoms with van der Waals surface area (Å²) in [7, 11) is 0. The molecule has 1 amide bonds. The number of carboxylic acid groups (broad SMARTS) is 1. The van der Waals surface area contributed by atoms with Crippen LogP contribution in [0.2, 0.25) is 0 Å². The molecular weight excluding hydrogens is 430 g/mol. The van der Waals surface area contributed by atoms with Crippen LogP contribution >= 0.6 is 0 Å². The number of carbonyl (C=O) groups is 2. The normalized spacial score (nSPS) is 16.5. The third-order valence-corrected chi connectivity index (χ3v) is 6.09. The lowest BCUT2D eigenvalue weighted by Crippen LogP contribution is -2.36. The number of carbonyl (C=O) groups excluding carboxylic acids is 1. The summed E-state index contributed by atoms with van der Waals surface area (Å²) in [4.78, 5) is 25.7. The highest BCUT2D eigenvalue weighted by Crippen LogP contribution is 2.28. The van der Waals surface area contributed by atoms with Crippen molar-refractivity contribution in [1.29, 1.82) is 0 Å². The number of rotatable bonds is 12. The van der Waals surface area contributed by atoms with Gasteiger partial charge in [0, 0.05) is 36.7 Å². The number of hydrogen-bond acceptors (Lipinski definition) is 4. The first-order chi connectivity index (χ1) is 16.8. The van der Waals surface area contributed by atoms with E-state index in [2.05, 4.69) is 0 Å². The summed E-state index contributed by atoms with van der Waals surface area (Å²) in [5.41, 5.74) is 2.46. The van der Waals surface area contributed by atoms with E-state index in [1.54, 1.807) is 18.7 Å². The second-order valence-electron chi connectivity index (χ2n) is 8.98. The molecule has 3 rings (SSSR count). The molecule has 1 atom stereocenters. The first-order valence-electron chi connectivity index (χ1n) is 12.7. The number of unbranched alkanes of at least 4 members (excludes halogenated alkanes) is 2. The van der Waals surface area contributed by atoms with E-state index < -0.39 is 12.0 Å². The zero-order valence-electron chi connectivity index (χ0n) is 21.3. The van der Waals surface area contributed by atoms with Crippen LogP contribution in [0.3, 0.4) is 0 Å². The van der Waals surface area contributed by atoms with Crippen LogP contribution in [0.1, 0.15) is 87.8 Å². The fourth-order valence-electron chi connectivity index (χ4n) is 4.12. The Morgan fingerprint density at radius 2 is 1.88 bits per heavy atom. The van der Waals surface area contributed by atoms with Crippen LogP contribution in [-0.4, -0.2) is 41.1 Å². The molecular formula is C28H37NO5. The Morgan fingerprint density at radius 3 is 2.56 bits per heavy atom. The molecule has 1 unspecified atom stereocenters. The van der Waals surface area contributed by atoms with E-state index >= 15 is 0 Å². The van der Waals surface area contributed by atoms with Crippen LogP contribution in [0.25, 0.3) is 0 Å². The standard InChI is InChI=1S/C28H37NO5/c1-21(2)29(28(32)23-16-14-22(15-17-23)25-12-7-9-19-33-25)20-24-10-5-6-11-26(24)34-18-8-3-4-13-27(30)31/h5-6,10-11,14-17,21,25H,3-4,7-9,12-13,18-20H2,1-2H3,(H,30,31)/i21D. The third kappa shape index (κ3) is 7.59. The van der Waals surface area contributed by atoms with Gasteiger partial charge in [-0.05, 0) is 76.1 Å². The minimum absolute atomic E-state index is 0.0878. The Labute approximate surface area is 204 Å². The lowest BCUT2D eigenvalue weighted by Gasteiger charge is -2.28. The maximum absolute atomic E-state index is 13.5. The van der Waals surface area contributed by atoms with Crippen LogP contribution in [0.4, 0.5) is 0 Å². The van der Waals surface area contributed by atoms with E-state index in [1.807, 2.05) is 48.5 Å². The van der Waals surface area contributed by atoms with E-state index in [-0.39, 0.29) is 25.0 Å². The lowest BCUT2D eigenvalue weighted by atomic mass is 10.00. The van der Waals surface area contributed by atoms with E-state index in [0.717, 1.165) is 49.8 Å². The summed E-state index contributed by atoms with van der Waals surface area (Å²) in [5.74, 6) is -0.307. The van der Waals surface area contributed by atoms with Gasteiger partial charge in [0.15, 0.2) is 0 Å². The van der Waals surface area contributed by atoms with Crippen molar-refractivity contribution >= 4 is 11.9 Å². The molecule has 2 aromatic carbocycles. The Balaban J connectivity index is 1.67. The number of carboxylic acids is 1. The Kier molecular flexibility index (Phi) is 9.38. The topological polar surface area (TPSA) is 76.1 Å². The van der Waals surface area contributed by atoms with Gasteiger partial charge in [-0.1, -0.05) is 30.3 Å². The number of ether oxygens (including phenoxy) is 2. The van der Waals surface area contributed by atoms with Crippen molar-refractivity contribution < 1.29 is 25.5 Å². The number of nitrogens with zero attached hydrogens (tertiary/aromatic N) is 1. The molecule has 1 aliphatic rings. The minimum atomic E-state index is -1.13. The van der Waals surface area contributed by atoms with Gasteiger partial charge in [-0.2, -0.15) is 0 Å². The maximum Gasteiger partial charge on any atom is 0.303 e. The van der Waals surface area contributed by atoms with Crippen LogP contribution in [0.15, 0.2) is 48.5 Å². The molecule has 34 heavy (non-hydrogen) atoms. The first-order valence-corrected chi connectivity index (χ1v) is 12.2. The second kappa shape index (κ2) is 13.1. The summed E-state index contributed by atoms with van der Waals surface area (Å²) in [6.07, 6.45) is 5.65. The van der Waals surface area contributed by atoms with Crippen molar-refractivity contribution in [3.8, 4) is 5.75 Å². The van der Waals surface area contributed by atoms with Gasteiger partial charge in [-0.15, -0.1) is 0 Å². The third-order valence-electron chi connectivity index (χ3n) is 6.09. The average Bonchev–Trinajstić information content (AvgIpc) is 2.84. The zero-order valence-corrected chi connectivity index (χ0v) is 20.3. The maximum atomic E-state index is 13.5. The Morgan fingerprint density at radius 1 is 1.12 bits per heavy atom. The van der Waals surface area contributed by atoms with Crippen LogP contribution < -0.4 is 4.74 Å². The highest BCUT2D eigenvalue weighted by Gasteiger charge is 2.22. The monoisotopic (exact) mass is 468 g/mol. The number of para-hydroxylation sites is 1. The quantitative estimate of drug-likeness (QED) is 0.387. The fraction of sp³-hybridized carbons (Fsp3) is 0.500. The molecule has 6 heteroatoms. The van der Waals surface area contributed by atoms with E-state index in [0.29, 0.717) is 24.3 Å². The summed E-state index contributed by atoms with van der Waals surface area (Å²) >= 11 is 0. The molecule has 1 heterocycles. The minimum Gasteiger partial charge on any atom is -0.493 e.